The molecule has 0 unspecified atom stereocenters. The van der Waals surface area contributed by atoms with Crippen LogP contribution in [0.1, 0.15) is 24.4 Å². The van der Waals surface area contributed by atoms with Crippen LogP contribution < -0.4 is 0 Å². The van der Waals surface area contributed by atoms with Gasteiger partial charge in [0, 0.05) is 4.88 Å². The van der Waals surface area contributed by atoms with Gasteiger partial charge in [-0.15, -0.1) is 11.3 Å². The molecule has 2 heteroatoms. The van der Waals surface area contributed by atoms with Gasteiger partial charge in [0.1, 0.15) is 0 Å². The molecule has 1 nitrogen and oxygen atoms in total. The van der Waals surface area contributed by atoms with Crippen molar-refractivity contribution in [3.63, 3.8) is 0 Å². The summed E-state index contributed by atoms with van der Waals surface area (Å²) in [6, 6.07) is 0. The smallest absolute Gasteiger partial charge is 0.0801 e. The molecule has 10 heavy (non-hydrogen) atoms. The highest BCUT2D eigenvalue weighted by Crippen LogP contribution is 2.15. The van der Waals surface area contributed by atoms with E-state index in [4.69, 9.17) is 0 Å². The van der Waals surface area contributed by atoms with Gasteiger partial charge in [-0.3, -0.25) is 0 Å². The van der Waals surface area contributed by atoms with Gasteiger partial charge in [0.2, 0.25) is 0 Å². The molecular formula is C8H11NS. The fraction of sp³-hybridized carbons (Fsp3) is 0.375. The van der Waals surface area contributed by atoms with Gasteiger partial charge in [0.15, 0.2) is 0 Å². The molecule has 0 aliphatic rings. The lowest BCUT2D eigenvalue weighted by Crippen LogP contribution is -1.80. The summed E-state index contributed by atoms with van der Waals surface area (Å²) in [5.74, 6) is 0. The van der Waals surface area contributed by atoms with Crippen molar-refractivity contribution in [3.8, 4) is 0 Å². The van der Waals surface area contributed by atoms with E-state index in [0.29, 0.717) is 0 Å². The number of hydrogen-bond donors (Lipinski definition) is 0. The van der Waals surface area contributed by atoms with E-state index in [1.807, 2.05) is 18.5 Å². The molecular weight excluding hydrogens is 142 g/mol. The number of hydrogen-bond acceptors (Lipinski definition) is 2. The van der Waals surface area contributed by atoms with E-state index in [-0.39, 0.29) is 0 Å². The van der Waals surface area contributed by atoms with Gasteiger partial charge in [-0.25, -0.2) is 4.98 Å². The van der Waals surface area contributed by atoms with Crippen LogP contribution in [-0.4, -0.2) is 4.98 Å². The Morgan fingerprint density at radius 1 is 1.70 bits per heavy atom. The van der Waals surface area contributed by atoms with Crippen molar-refractivity contribution in [2.75, 3.05) is 0 Å². The van der Waals surface area contributed by atoms with Crippen molar-refractivity contribution < 1.29 is 0 Å². The summed E-state index contributed by atoms with van der Waals surface area (Å²) >= 11 is 1.70. The van der Waals surface area contributed by atoms with Gasteiger partial charge >= 0.3 is 0 Å². The number of allylic oxidation sites excluding steroid dienone is 1. The Balaban J connectivity index is 2.90. The second-order valence-corrected chi connectivity index (χ2v) is 2.90. The maximum atomic E-state index is 4.22. The minimum Gasteiger partial charge on any atom is -0.249 e. The first-order valence-corrected chi connectivity index (χ1v) is 4.31. The Labute approximate surface area is 65.4 Å². The molecule has 0 radical (unpaired) electrons. The lowest BCUT2D eigenvalue weighted by Gasteiger charge is -1.88. The van der Waals surface area contributed by atoms with Crippen LogP contribution in [0.25, 0.3) is 6.08 Å². The molecule has 0 spiro atoms. The molecule has 0 atom stereocenters. The lowest BCUT2D eigenvalue weighted by atomic mass is 10.3. The van der Waals surface area contributed by atoms with Gasteiger partial charge in [-0.1, -0.05) is 13.0 Å². The molecule has 0 saturated carbocycles. The van der Waals surface area contributed by atoms with Crippen molar-refractivity contribution in [1.29, 1.82) is 0 Å². The molecule has 0 aromatic carbocycles. The minimum absolute atomic E-state index is 1.03. The standard InChI is InChI=1S/C8H11NS/c1-3-5-8-7(4-2)9-6-10-8/h3,5-6H,4H2,1-2H3/b5-3-. The van der Waals surface area contributed by atoms with E-state index in [2.05, 4.69) is 18.0 Å². The van der Waals surface area contributed by atoms with Gasteiger partial charge in [-0.2, -0.15) is 0 Å². The Hall–Kier alpha value is -0.630. The zero-order valence-corrected chi connectivity index (χ0v) is 7.11. The lowest BCUT2D eigenvalue weighted by molar-refractivity contribution is 1.06. The maximum Gasteiger partial charge on any atom is 0.0801 e. The number of thiazole rings is 1. The largest absolute Gasteiger partial charge is 0.249 e. The van der Waals surface area contributed by atoms with Crippen molar-refractivity contribution in [2.24, 2.45) is 0 Å². The molecule has 1 aromatic heterocycles. The molecule has 0 fully saturated rings. The Morgan fingerprint density at radius 2 is 2.50 bits per heavy atom. The summed E-state index contributed by atoms with van der Waals surface area (Å²) in [6.07, 6.45) is 5.19. The third-order valence-corrected chi connectivity index (χ3v) is 2.16. The summed E-state index contributed by atoms with van der Waals surface area (Å²) in [4.78, 5) is 5.52. The van der Waals surface area contributed by atoms with E-state index in [9.17, 15) is 0 Å². The van der Waals surface area contributed by atoms with Crippen molar-refractivity contribution in [3.05, 3.63) is 22.2 Å². The molecule has 0 saturated heterocycles. The van der Waals surface area contributed by atoms with E-state index >= 15 is 0 Å². The monoisotopic (exact) mass is 153 g/mol. The van der Waals surface area contributed by atoms with Crippen molar-refractivity contribution in [1.82, 2.24) is 4.98 Å². The molecule has 1 aromatic rings. The highest BCUT2D eigenvalue weighted by molar-refractivity contribution is 7.10. The van der Waals surface area contributed by atoms with Crippen LogP contribution in [0.15, 0.2) is 11.6 Å². The maximum absolute atomic E-state index is 4.22. The summed E-state index contributed by atoms with van der Waals surface area (Å²) in [6.45, 7) is 4.15. The first-order valence-electron chi connectivity index (χ1n) is 3.43. The van der Waals surface area contributed by atoms with Crippen LogP contribution in [-0.2, 0) is 6.42 Å². The highest BCUT2D eigenvalue weighted by Gasteiger charge is 1.97. The first-order chi connectivity index (χ1) is 4.88. The van der Waals surface area contributed by atoms with Gasteiger partial charge in [-0.05, 0) is 19.4 Å². The van der Waals surface area contributed by atoms with Crippen molar-refractivity contribution in [2.45, 2.75) is 20.3 Å². The second-order valence-electron chi connectivity index (χ2n) is 2.02. The second kappa shape index (κ2) is 3.52. The number of aromatic nitrogens is 1. The van der Waals surface area contributed by atoms with E-state index in [0.717, 1.165) is 6.42 Å². The van der Waals surface area contributed by atoms with Crippen LogP contribution >= 0.6 is 11.3 Å². The third-order valence-electron chi connectivity index (χ3n) is 1.33. The molecule has 1 rings (SSSR count). The number of aryl methyl sites for hydroxylation is 1. The number of rotatable bonds is 2. The van der Waals surface area contributed by atoms with E-state index in [1.165, 1.54) is 10.6 Å². The van der Waals surface area contributed by atoms with Crippen LogP contribution in [0.4, 0.5) is 0 Å². The zero-order valence-electron chi connectivity index (χ0n) is 6.29. The predicted molar refractivity (Wildman–Crippen MR) is 46.2 cm³/mol. The molecule has 0 bridgehead atoms. The zero-order chi connectivity index (χ0) is 7.40. The Bertz CT molecular complexity index is 225. The Morgan fingerprint density at radius 3 is 3.10 bits per heavy atom. The fourth-order valence-corrected chi connectivity index (χ4v) is 1.67. The van der Waals surface area contributed by atoms with Crippen LogP contribution in [0.2, 0.25) is 0 Å². The average Bonchev–Trinajstić information content (AvgIpc) is 2.36. The minimum atomic E-state index is 1.03. The molecule has 54 valence electrons. The predicted octanol–water partition coefficient (Wildman–Crippen LogP) is 2.74. The normalized spacial score (nSPS) is 11.0. The molecule has 0 aliphatic carbocycles. The molecule has 1 heterocycles. The van der Waals surface area contributed by atoms with E-state index < -0.39 is 0 Å². The van der Waals surface area contributed by atoms with Gasteiger partial charge < -0.3 is 0 Å². The summed E-state index contributed by atoms with van der Waals surface area (Å²) in [5, 5.41) is 0. The summed E-state index contributed by atoms with van der Waals surface area (Å²) < 4.78 is 0. The third kappa shape index (κ3) is 1.45. The average molecular weight is 153 g/mol. The van der Waals surface area contributed by atoms with Crippen LogP contribution in [0.3, 0.4) is 0 Å². The summed E-state index contributed by atoms with van der Waals surface area (Å²) in [5.41, 5.74) is 3.11. The molecule has 0 N–H and O–H groups in total. The number of nitrogens with zero attached hydrogens (tertiary/aromatic N) is 1. The van der Waals surface area contributed by atoms with Gasteiger partial charge in [0.05, 0.1) is 11.2 Å². The van der Waals surface area contributed by atoms with Crippen LogP contribution in [0, 0.1) is 0 Å². The SMILES string of the molecule is C/C=C\c1scnc1CC. The van der Waals surface area contributed by atoms with Crippen LogP contribution in [0.5, 0.6) is 0 Å². The molecule has 0 aliphatic heterocycles. The Kier molecular flexibility index (Phi) is 2.63. The quantitative estimate of drug-likeness (QED) is 0.636. The highest BCUT2D eigenvalue weighted by atomic mass is 32.1. The molecule has 0 amide bonds. The topological polar surface area (TPSA) is 12.9 Å². The first kappa shape index (κ1) is 7.48. The van der Waals surface area contributed by atoms with Gasteiger partial charge in [0.25, 0.3) is 0 Å². The fourth-order valence-electron chi connectivity index (χ4n) is 0.831. The van der Waals surface area contributed by atoms with Crippen molar-refractivity contribution >= 4 is 17.4 Å². The summed E-state index contributed by atoms with van der Waals surface area (Å²) in [7, 11) is 0. The van der Waals surface area contributed by atoms with E-state index in [1.54, 1.807) is 11.3 Å².